The predicted molar refractivity (Wildman–Crippen MR) is 223 cm³/mol. The van der Waals surface area contributed by atoms with Crippen LogP contribution >= 0.6 is 11.3 Å². The summed E-state index contributed by atoms with van der Waals surface area (Å²) in [5, 5.41) is 1.27. The summed E-state index contributed by atoms with van der Waals surface area (Å²) in [6.07, 6.45) is 1.98. The average Bonchev–Trinajstić information content (AvgIpc) is 3.51. The smallest absolute Gasteiger partial charge is 0.0462 e. The highest BCUT2D eigenvalue weighted by Gasteiger charge is 2.16. The van der Waals surface area contributed by atoms with Gasteiger partial charge < -0.3 is 4.90 Å². The number of aryl methyl sites for hydroxylation is 3. The summed E-state index contributed by atoms with van der Waals surface area (Å²) >= 11 is 1.85. The van der Waals surface area contributed by atoms with Crippen LogP contribution in [0.5, 0.6) is 0 Å². The normalized spacial score (nSPS) is 11.1. The zero-order valence-electron chi connectivity index (χ0n) is 29.2. The van der Waals surface area contributed by atoms with Gasteiger partial charge in [0.15, 0.2) is 0 Å². The molecule has 8 aromatic rings. The molecule has 0 atom stereocenters. The van der Waals surface area contributed by atoms with Crippen LogP contribution in [0.1, 0.15) is 21.6 Å². The molecule has 0 unspecified atom stereocenters. The fraction of sp³-hybridized carbons (Fsp3) is 0.0612. The number of thiophene rings is 1. The molecule has 1 aromatic heterocycles. The standard InChI is InChI=1S/C49H39NS/c1-5-44-35(4)51-49-46(16-11-17-47(44)49)39-24-30-43(31-25-39)50(41-26-20-37(21-27-41)36-13-7-6-8-14-36)42-28-22-38(23-29-42)40-19-18-34(3)48(32-40)45-15-10-9-12-33(45)2/h5-32H,1H2,2-4H3. The number of benzene rings is 7. The zero-order chi connectivity index (χ0) is 34.9. The van der Waals surface area contributed by atoms with Crippen LogP contribution in [0.3, 0.4) is 0 Å². The highest BCUT2D eigenvalue weighted by molar-refractivity contribution is 7.20. The molecule has 1 heterocycles. The van der Waals surface area contributed by atoms with Crippen LogP contribution in [0.4, 0.5) is 17.1 Å². The molecular formula is C49H39NS. The van der Waals surface area contributed by atoms with Crippen molar-refractivity contribution >= 4 is 44.6 Å². The van der Waals surface area contributed by atoms with E-state index < -0.39 is 0 Å². The maximum atomic E-state index is 4.07. The second kappa shape index (κ2) is 13.7. The van der Waals surface area contributed by atoms with E-state index in [1.54, 1.807) is 0 Å². The summed E-state index contributed by atoms with van der Waals surface area (Å²) in [4.78, 5) is 3.65. The fourth-order valence-corrected chi connectivity index (χ4v) is 8.37. The molecule has 7 aromatic carbocycles. The van der Waals surface area contributed by atoms with E-state index in [2.05, 4.69) is 196 Å². The first kappa shape index (κ1) is 32.3. The Hall–Kier alpha value is -5.96. The summed E-state index contributed by atoms with van der Waals surface area (Å²) in [5.41, 5.74) is 17.0. The highest BCUT2D eigenvalue weighted by atomic mass is 32.1. The van der Waals surface area contributed by atoms with E-state index in [4.69, 9.17) is 0 Å². The lowest BCUT2D eigenvalue weighted by Crippen LogP contribution is -2.09. The van der Waals surface area contributed by atoms with Crippen LogP contribution in [0.15, 0.2) is 170 Å². The van der Waals surface area contributed by atoms with Crippen LogP contribution < -0.4 is 4.90 Å². The second-order valence-electron chi connectivity index (χ2n) is 13.1. The Morgan fingerprint density at radius 1 is 0.451 bits per heavy atom. The molecule has 51 heavy (non-hydrogen) atoms. The Bertz CT molecular complexity index is 2490. The molecule has 0 fully saturated rings. The van der Waals surface area contributed by atoms with Gasteiger partial charge in [0.25, 0.3) is 0 Å². The van der Waals surface area contributed by atoms with Gasteiger partial charge in [0, 0.05) is 32.0 Å². The number of fused-ring (bicyclic) bond motifs is 1. The van der Waals surface area contributed by atoms with Gasteiger partial charge in [0.2, 0.25) is 0 Å². The molecular weight excluding hydrogens is 635 g/mol. The van der Waals surface area contributed by atoms with E-state index in [0.29, 0.717) is 0 Å². The van der Waals surface area contributed by atoms with Gasteiger partial charge in [-0.1, -0.05) is 134 Å². The van der Waals surface area contributed by atoms with Crippen molar-refractivity contribution in [2.45, 2.75) is 20.8 Å². The van der Waals surface area contributed by atoms with Crippen molar-refractivity contribution in [3.63, 3.8) is 0 Å². The lowest BCUT2D eigenvalue weighted by molar-refractivity contribution is 1.28. The van der Waals surface area contributed by atoms with Crippen LogP contribution in [-0.2, 0) is 0 Å². The van der Waals surface area contributed by atoms with E-state index in [9.17, 15) is 0 Å². The third-order valence-electron chi connectivity index (χ3n) is 9.94. The minimum Gasteiger partial charge on any atom is -0.311 e. The molecule has 0 aliphatic rings. The predicted octanol–water partition coefficient (Wildman–Crippen LogP) is 14.6. The first-order valence-electron chi connectivity index (χ1n) is 17.5. The molecule has 8 rings (SSSR count). The summed E-state index contributed by atoms with van der Waals surface area (Å²) in [6, 6.07) is 59.5. The van der Waals surface area contributed by atoms with Crippen LogP contribution in [0.25, 0.3) is 60.7 Å². The Morgan fingerprint density at radius 3 is 1.59 bits per heavy atom. The SMILES string of the molecule is C=Cc1c(C)sc2c(-c3ccc(N(c4ccc(-c5ccccc5)cc4)c4ccc(-c5ccc(C)c(-c6ccccc6C)c5)cc4)cc3)cccc12. The van der Waals surface area contributed by atoms with Gasteiger partial charge in [-0.2, -0.15) is 0 Å². The van der Waals surface area contributed by atoms with Crippen molar-refractivity contribution in [1.29, 1.82) is 0 Å². The lowest BCUT2D eigenvalue weighted by Gasteiger charge is -2.26. The number of hydrogen-bond donors (Lipinski definition) is 0. The Morgan fingerprint density at radius 2 is 0.961 bits per heavy atom. The Balaban J connectivity index is 1.18. The molecule has 246 valence electrons. The highest BCUT2D eigenvalue weighted by Crippen LogP contribution is 2.41. The largest absolute Gasteiger partial charge is 0.311 e. The number of nitrogens with zero attached hydrogens (tertiary/aromatic N) is 1. The third-order valence-corrected chi connectivity index (χ3v) is 11.1. The van der Waals surface area contributed by atoms with Crippen molar-refractivity contribution < 1.29 is 0 Å². The van der Waals surface area contributed by atoms with Gasteiger partial charge in [0.05, 0.1) is 0 Å². The minimum absolute atomic E-state index is 1.11. The topological polar surface area (TPSA) is 3.24 Å². The molecule has 0 radical (unpaired) electrons. The number of rotatable bonds is 8. The average molecular weight is 674 g/mol. The van der Waals surface area contributed by atoms with Crippen molar-refractivity contribution in [1.82, 2.24) is 0 Å². The second-order valence-corrected chi connectivity index (χ2v) is 14.4. The Labute approximate surface area is 305 Å². The van der Waals surface area contributed by atoms with E-state index in [1.165, 1.54) is 76.2 Å². The number of anilines is 3. The summed E-state index contributed by atoms with van der Waals surface area (Å²) in [7, 11) is 0. The van der Waals surface area contributed by atoms with Crippen molar-refractivity contribution in [2.75, 3.05) is 4.90 Å². The summed E-state index contributed by atoms with van der Waals surface area (Å²) in [5.74, 6) is 0. The van der Waals surface area contributed by atoms with Gasteiger partial charge in [-0.25, -0.2) is 0 Å². The number of hydrogen-bond acceptors (Lipinski definition) is 2. The molecule has 0 spiro atoms. The van der Waals surface area contributed by atoms with Gasteiger partial charge in [-0.05, 0) is 124 Å². The molecule has 0 amide bonds. The molecule has 0 aliphatic carbocycles. The van der Waals surface area contributed by atoms with E-state index in [0.717, 1.165) is 17.1 Å². The monoisotopic (exact) mass is 673 g/mol. The third kappa shape index (κ3) is 6.20. The van der Waals surface area contributed by atoms with Crippen LogP contribution in [0, 0.1) is 20.8 Å². The zero-order valence-corrected chi connectivity index (χ0v) is 30.0. The molecule has 0 aliphatic heterocycles. The summed E-state index contributed by atoms with van der Waals surface area (Å²) < 4.78 is 1.31. The van der Waals surface area contributed by atoms with Gasteiger partial charge >= 0.3 is 0 Å². The van der Waals surface area contributed by atoms with Crippen molar-refractivity contribution in [3.8, 4) is 44.5 Å². The fourth-order valence-electron chi connectivity index (χ4n) is 7.18. The Kier molecular flexibility index (Phi) is 8.69. The van der Waals surface area contributed by atoms with Crippen molar-refractivity contribution in [3.05, 3.63) is 192 Å². The lowest BCUT2D eigenvalue weighted by atomic mass is 9.93. The molecule has 0 saturated heterocycles. The molecule has 0 bridgehead atoms. The van der Waals surface area contributed by atoms with E-state index in [-0.39, 0.29) is 0 Å². The van der Waals surface area contributed by atoms with Crippen LogP contribution in [-0.4, -0.2) is 0 Å². The maximum absolute atomic E-state index is 4.07. The maximum Gasteiger partial charge on any atom is 0.0462 e. The van der Waals surface area contributed by atoms with E-state index >= 15 is 0 Å². The van der Waals surface area contributed by atoms with E-state index in [1.807, 2.05) is 17.4 Å². The summed E-state index contributed by atoms with van der Waals surface area (Å²) in [6.45, 7) is 10.6. The van der Waals surface area contributed by atoms with Gasteiger partial charge in [-0.15, -0.1) is 11.3 Å². The van der Waals surface area contributed by atoms with Gasteiger partial charge in [0.1, 0.15) is 0 Å². The van der Waals surface area contributed by atoms with Crippen molar-refractivity contribution in [2.24, 2.45) is 0 Å². The minimum atomic E-state index is 1.11. The molecule has 1 nitrogen and oxygen atoms in total. The quantitative estimate of drug-likeness (QED) is 0.155. The van der Waals surface area contributed by atoms with Crippen LogP contribution in [0.2, 0.25) is 0 Å². The molecule has 2 heteroatoms. The molecule has 0 saturated carbocycles. The molecule has 0 N–H and O–H groups in total. The first-order valence-corrected chi connectivity index (χ1v) is 18.3. The van der Waals surface area contributed by atoms with Gasteiger partial charge in [-0.3, -0.25) is 0 Å². The first-order chi connectivity index (χ1) is 25.0.